The molecular formula is C22H26Cl2N4O5. The first-order valence-electron chi connectivity index (χ1n) is 10.3. The lowest BCUT2D eigenvalue weighted by Gasteiger charge is -2.20. The minimum atomic E-state index is -0.953. The van der Waals surface area contributed by atoms with Crippen LogP contribution in [0.4, 0.5) is 5.82 Å². The average molecular weight is 497 g/mol. The number of aromatic nitrogens is 3. The van der Waals surface area contributed by atoms with Crippen LogP contribution >= 0.6 is 23.2 Å². The third kappa shape index (κ3) is 6.42. The molecule has 11 heteroatoms. The van der Waals surface area contributed by atoms with Gasteiger partial charge in [-0.3, -0.25) is 9.48 Å². The molecule has 2 atom stereocenters. The molecule has 0 unspecified atom stereocenters. The predicted octanol–water partition coefficient (Wildman–Crippen LogP) is 4.07. The standard InChI is InChI=1S/C22H26Cl2N4O5/c1-13(2)8-17(22(32)25-19-6-7-27(26-19)10-14(30)12-29)28-11-15(9-20(28)31)33-18-5-3-4-16(23)21(18)24/h3-7,9,11,13-14,17,29-31H,8,10,12H2,1-2H3,(H,25,26,32)/t14-,17+/m1/s1. The molecule has 0 aliphatic rings. The molecule has 0 fully saturated rings. The molecule has 2 heterocycles. The molecule has 33 heavy (non-hydrogen) atoms. The highest BCUT2D eigenvalue weighted by Gasteiger charge is 2.26. The molecule has 0 saturated carbocycles. The van der Waals surface area contributed by atoms with Crippen molar-refractivity contribution in [3.63, 3.8) is 0 Å². The molecule has 0 saturated heterocycles. The zero-order valence-electron chi connectivity index (χ0n) is 18.2. The normalized spacial score (nSPS) is 13.2. The van der Waals surface area contributed by atoms with Gasteiger partial charge in [0.25, 0.3) is 0 Å². The second-order valence-corrected chi connectivity index (χ2v) is 8.77. The number of anilines is 1. The third-order valence-electron chi connectivity index (χ3n) is 4.78. The van der Waals surface area contributed by atoms with Crippen molar-refractivity contribution in [2.75, 3.05) is 11.9 Å². The van der Waals surface area contributed by atoms with Crippen molar-refractivity contribution in [1.29, 1.82) is 0 Å². The van der Waals surface area contributed by atoms with E-state index in [4.69, 9.17) is 33.0 Å². The number of amides is 1. The molecule has 0 aliphatic heterocycles. The zero-order chi connectivity index (χ0) is 24.1. The quantitative estimate of drug-likeness (QED) is 0.335. The molecule has 3 rings (SSSR count). The van der Waals surface area contributed by atoms with Gasteiger partial charge in [-0.2, -0.15) is 5.10 Å². The van der Waals surface area contributed by atoms with E-state index in [0.717, 1.165) is 0 Å². The van der Waals surface area contributed by atoms with Gasteiger partial charge in [0.2, 0.25) is 5.91 Å². The summed E-state index contributed by atoms with van der Waals surface area (Å²) in [4.78, 5) is 13.1. The highest BCUT2D eigenvalue weighted by atomic mass is 35.5. The maximum absolute atomic E-state index is 13.1. The maximum atomic E-state index is 13.1. The summed E-state index contributed by atoms with van der Waals surface area (Å²) in [7, 11) is 0. The Bertz CT molecular complexity index is 1100. The summed E-state index contributed by atoms with van der Waals surface area (Å²) in [6.07, 6.45) is 2.59. The number of nitrogens with one attached hydrogen (secondary N) is 1. The van der Waals surface area contributed by atoms with Crippen LogP contribution < -0.4 is 10.1 Å². The first-order chi connectivity index (χ1) is 15.7. The van der Waals surface area contributed by atoms with E-state index in [1.165, 1.54) is 21.5 Å². The average Bonchev–Trinajstić information content (AvgIpc) is 3.35. The van der Waals surface area contributed by atoms with Crippen LogP contribution in [0, 0.1) is 5.92 Å². The first kappa shape index (κ1) is 24.9. The first-order valence-corrected chi connectivity index (χ1v) is 11.1. The van der Waals surface area contributed by atoms with Gasteiger partial charge in [-0.25, -0.2) is 0 Å². The number of aliphatic hydroxyl groups excluding tert-OH is 2. The summed E-state index contributed by atoms with van der Waals surface area (Å²) in [5.41, 5.74) is 0. The van der Waals surface area contributed by atoms with E-state index < -0.39 is 18.8 Å². The SMILES string of the molecule is CC(C)C[C@@H](C(=O)Nc1ccn(C[C@@H](O)CO)n1)n1cc(Oc2cccc(Cl)c2Cl)cc1O. The largest absolute Gasteiger partial charge is 0.494 e. The van der Waals surface area contributed by atoms with Gasteiger partial charge in [0, 0.05) is 18.3 Å². The van der Waals surface area contributed by atoms with Gasteiger partial charge in [0.05, 0.1) is 30.5 Å². The second kappa shape index (κ2) is 10.9. The van der Waals surface area contributed by atoms with E-state index >= 15 is 0 Å². The third-order valence-corrected chi connectivity index (χ3v) is 5.58. The number of hydrogen-bond donors (Lipinski definition) is 4. The highest BCUT2D eigenvalue weighted by Crippen LogP contribution is 2.37. The smallest absolute Gasteiger partial charge is 0.248 e. The summed E-state index contributed by atoms with van der Waals surface area (Å²) in [6.45, 7) is 3.63. The Hall–Kier alpha value is -2.72. The van der Waals surface area contributed by atoms with Crippen LogP contribution in [-0.2, 0) is 11.3 Å². The lowest BCUT2D eigenvalue weighted by molar-refractivity contribution is -0.119. The van der Waals surface area contributed by atoms with Crippen molar-refractivity contribution in [1.82, 2.24) is 14.3 Å². The minimum Gasteiger partial charge on any atom is -0.494 e. The van der Waals surface area contributed by atoms with Crippen LogP contribution in [0.2, 0.25) is 10.0 Å². The molecule has 2 aromatic heterocycles. The molecule has 0 aliphatic carbocycles. The van der Waals surface area contributed by atoms with E-state index in [1.807, 2.05) is 13.8 Å². The number of nitrogens with zero attached hydrogens (tertiary/aromatic N) is 3. The van der Waals surface area contributed by atoms with Crippen LogP contribution in [0.1, 0.15) is 26.3 Å². The monoisotopic (exact) mass is 496 g/mol. The molecule has 0 spiro atoms. The Labute approximate surface area is 201 Å². The van der Waals surface area contributed by atoms with Gasteiger partial charge in [0.15, 0.2) is 11.7 Å². The fourth-order valence-corrected chi connectivity index (χ4v) is 3.57. The Morgan fingerprint density at radius 2 is 2.03 bits per heavy atom. The number of benzene rings is 1. The Balaban J connectivity index is 1.79. The van der Waals surface area contributed by atoms with E-state index in [0.29, 0.717) is 22.9 Å². The second-order valence-electron chi connectivity index (χ2n) is 7.99. The molecule has 0 bridgehead atoms. The highest BCUT2D eigenvalue weighted by molar-refractivity contribution is 6.42. The number of ether oxygens (including phenoxy) is 1. The fourth-order valence-electron chi connectivity index (χ4n) is 3.24. The van der Waals surface area contributed by atoms with Crippen LogP contribution in [0.15, 0.2) is 42.7 Å². The molecule has 3 aromatic rings. The lowest BCUT2D eigenvalue weighted by atomic mass is 10.0. The van der Waals surface area contributed by atoms with Gasteiger partial charge < -0.3 is 29.9 Å². The van der Waals surface area contributed by atoms with Crippen molar-refractivity contribution in [3.8, 4) is 17.4 Å². The number of carbonyl (C=O) groups excluding carboxylic acids is 1. The molecule has 178 valence electrons. The zero-order valence-corrected chi connectivity index (χ0v) is 19.7. The molecule has 0 radical (unpaired) electrons. The van der Waals surface area contributed by atoms with Crippen molar-refractivity contribution >= 4 is 34.9 Å². The van der Waals surface area contributed by atoms with Crippen LogP contribution in [0.25, 0.3) is 0 Å². The van der Waals surface area contributed by atoms with Gasteiger partial charge >= 0.3 is 0 Å². The van der Waals surface area contributed by atoms with E-state index in [-0.39, 0.29) is 35.1 Å². The number of aliphatic hydroxyl groups is 2. The molecule has 1 amide bonds. The summed E-state index contributed by atoms with van der Waals surface area (Å²) in [5, 5.41) is 36.6. The summed E-state index contributed by atoms with van der Waals surface area (Å²) >= 11 is 12.2. The number of carbonyl (C=O) groups is 1. The van der Waals surface area contributed by atoms with Gasteiger partial charge in [0.1, 0.15) is 22.6 Å². The minimum absolute atomic E-state index is 0.0902. The number of rotatable bonds is 10. The van der Waals surface area contributed by atoms with Crippen LogP contribution in [0.5, 0.6) is 17.4 Å². The Morgan fingerprint density at radius 1 is 1.27 bits per heavy atom. The summed E-state index contributed by atoms with van der Waals surface area (Å²) in [5.74, 6) is 0.511. The number of aromatic hydroxyl groups is 1. The maximum Gasteiger partial charge on any atom is 0.248 e. The molecule has 4 N–H and O–H groups in total. The number of halogens is 2. The van der Waals surface area contributed by atoms with E-state index in [9.17, 15) is 15.0 Å². The topological polar surface area (TPSA) is 122 Å². The van der Waals surface area contributed by atoms with Gasteiger partial charge in [-0.05, 0) is 24.5 Å². The van der Waals surface area contributed by atoms with Gasteiger partial charge in [-0.1, -0.05) is 43.1 Å². The van der Waals surface area contributed by atoms with Crippen LogP contribution in [0.3, 0.4) is 0 Å². The van der Waals surface area contributed by atoms with Crippen molar-refractivity contribution in [2.24, 2.45) is 5.92 Å². The van der Waals surface area contributed by atoms with Crippen molar-refractivity contribution < 1.29 is 24.9 Å². The Kier molecular flexibility index (Phi) is 8.25. The van der Waals surface area contributed by atoms with Crippen molar-refractivity contribution in [2.45, 2.75) is 39.0 Å². The van der Waals surface area contributed by atoms with E-state index in [1.54, 1.807) is 30.5 Å². The Morgan fingerprint density at radius 3 is 2.73 bits per heavy atom. The lowest BCUT2D eigenvalue weighted by Crippen LogP contribution is -2.27. The number of hydrogen-bond acceptors (Lipinski definition) is 6. The molecule has 1 aromatic carbocycles. The van der Waals surface area contributed by atoms with Gasteiger partial charge in [-0.15, -0.1) is 0 Å². The summed E-state index contributed by atoms with van der Waals surface area (Å²) < 4.78 is 8.61. The fraction of sp³-hybridized carbons (Fsp3) is 0.364. The predicted molar refractivity (Wildman–Crippen MR) is 125 cm³/mol. The molecule has 9 nitrogen and oxygen atoms in total. The van der Waals surface area contributed by atoms with Crippen molar-refractivity contribution in [3.05, 3.63) is 52.8 Å². The van der Waals surface area contributed by atoms with E-state index in [2.05, 4.69) is 10.4 Å². The molecular weight excluding hydrogens is 471 g/mol. The van der Waals surface area contributed by atoms with Crippen LogP contribution in [-0.4, -0.2) is 48.3 Å². The summed E-state index contributed by atoms with van der Waals surface area (Å²) in [6, 6.07) is 7.20.